The maximum atomic E-state index is 4.71. The molecule has 1 heterocycles. The third-order valence-electron chi connectivity index (χ3n) is 3.92. The molecule has 0 unspecified atom stereocenters. The van der Waals surface area contributed by atoms with E-state index in [0.717, 1.165) is 28.1 Å². The number of imidazole rings is 1. The van der Waals surface area contributed by atoms with Crippen molar-refractivity contribution in [1.29, 1.82) is 0 Å². The molecule has 0 aliphatic rings. The second-order valence-electron chi connectivity index (χ2n) is 6.24. The molecule has 0 aliphatic heterocycles. The van der Waals surface area contributed by atoms with Crippen molar-refractivity contribution in [3.8, 4) is 0 Å². The van der Waals surface area contributed by atoms with Crippen LogP contribution in [0.5, 0.6) is 0 Å². The van der Waals surface area contributed by atoms with Gasteiger partial charge in [0.1, 0.15) is 6.33 Å². The van der Waals surface area contributed by atoms with Gasteiger partial charge in [-0.2, -0.15) is 5.10 Å². The standard InChI is InChI=1S/C20H22BrN5/c1-24(2)23-20(26-12-11-22-15-26)18-13-17(21)9-10-19(18)25(3)14-16-7-5-4-6-8-16/h4-13,15H,14H2,1-3H3. The van der Waals surface area contributed by atoms with Gasteiger partial charge in [-0.15, -0.1) is 0 Å². The lowest BCUT2D eigenvalue weighted by molar-refractivity contribution is 0.435. The largest absolute Gasteiger partial charge is 0.370 e. The van der Waals surface area contributed by atoms with Gasteiger partial charge in [-0.25, -0.2) is 4.98 Å². The Balaban J connectivity index is 2.04. The summed E-state index contributed by atoms with van der Waals surface area (Å²) in [5.74, 6) is 0.823. The lowest BCUT2D eigenvalue weighted by atomic mass is 10.1. The van der Waals surface area contributed by atoms with E-state index < -0.39 is 0 Å². The van der Waals surface area contributed by atoms with Crippen LogP contribution in [0.2, 0.25) is 0 Å². The van der Waals surface area contributed by atoms with Crippen molar-refractivity contribution in [3.05, 3.63) is 82.9 Å². The predicted molar refractivity (Wildman–Crippen MR) is 111 cm³/mol. The van der Waals surface area contributed by atoms with Gasteiger partial charge in [-0.3, -0.25) is 4.57 Å². The van der Waals surface area contributed by atoms with E-state index >= 15 is 0 Å². The molecule has 134 valence electrons. The number of nitrogens with zero attached hydrogens (tertiary/aromatic N) is 5. The van der Waals surface area contributed by atoms with Gasteiger partial charge in [-0.1, -0.05) is 46.3 Å². The topological polar surface area (TPSA) is 36.7 Å². The van der Waals surface area contributed by atoms with Crippen LogP contribution in [-0.4, -0.2) is 41.5 Å². The molecular formula is C20H22BrN5. The van der Waals surface area contributed by atoms with E-state index in [4.69, 9.17) is 5.10 Å². The molecule has 5 nitrogen and oxygen atoms in total. The summed E-state index contributed by atoms with van der Waals surface area (Å²) in [5, 5.41) is 6.51. The first-order valence-electron chi connectivity index (χ1n) is 8.34. The maximum Gasteiger partial charge on any atom is 0.167 e. The summed E-state index contributed by atoms with van der Waals surface area (Å²) in [5.41, 5.74) is 3.40. The molecule has 0 amide bonds. The molecule has 1 aromatic heterocycles. The fraction of sp³-hybridized carbons (Fsp3) is 0.200. The highest BCUT2D eigenvalue weighted by atomic mass is 79.9. The number of hydrogen-bond acceptors (Lipinski definition) is 4. The number of benzene rings is 2. The lowest BCUT2D eigenvalue weighted by Gasteiger charge is -2.24. The number of hydrogen-bond donors (Lipinski definition) is 0. The molecule has 6 heteroatoms. The lowest BCUT2D eigenvalue weighted by Crippen LogP contribution is -2.23. The van der Waals surface area contributed by atoms with E-state index in [0.29, 0.717) is 0 Å². The molecule has 3 rings (SSSR count). The second-order valence-corrected chi connectivity index (χ2v) is 7.16. The first kappa shape index (κ1) is 18.2. The van der Waals surface area contributed by atoms with Crippen molar-refractivity contribution >= 4 is 27.5 Å². The van der Waals surface area contributed by atoms with Crippen LogP contribution in [-0.2, 0) is 6.54 Å². The summed E-state index contributed by atoms with van der Waals surface area (Å²) in [6, 6.07) is 16.7. The van der Waals surface area contributed by atoms with E-state index in [1.54, 1.807) is 17.5 Å². The average molecular weight is 412 g/mol. The summed E-state index contributed by atoms with van der Waals surface area (Å²) < 4.78 is 2.94. The molecule has 0 saturated carbocycles. The Labute approximate surface area is 162 Å². The van der Waals surface area contributed by atoms with Crippen molar-refractivity contribution in [2.75, 3.05) is 26.0 Å². The average Bonchev–Trinajstić information content (AvgIpc) is 3.14. The Kier molecular flexibility index (Phi) is 5.73. The smallest absolute Gasteiger partial charge is 0.167 e. The first-order valence-corrected chi connectivity index (χ1v) is 9.13. The highest BCUT2D eigenvalue weighted by molar-refractivity contribution is 9.10. The Hall–Kier alpha value is -2.60. The molecule has 0 N–H and O–H groups in total. The van der Waals surface area contributed by atoms with Crippen molar-refractivity contribution in [2.24, 2.45) is 5.10 Å². The van der Waals surface area contributed by atoms with Gasteiger partial charge in [0.2, 0.25) is 0 Å². The Morgan fingerprint density at radius 3 is 2.54 bits per heavy atom. The highest BCUT2D eigenvalue weighted by Crippen LogP contribution is 2.26. The molecule has 0 saturated heterocycles. The van der Waals surface area contributed by atoms with E-state index in [9.17, 15) is 0 Å². The Bertz CT molecular complexity index is 872. The van der Waals surface area contributed by atoms with Gasteiger partial charge in [0.25, 0.3) is 0 Å². The summed E-state index contributed by atoms with van der Waals surface area (Å²) >= 11 is 3.60. The minimum Gasteiger partial charge on any atom is -0.370 e. The van der Waals surface area contributed by atoms with E-state index in [1.807, 2.05) is 30.9 Å². The number of aromatic nitrogens is 2. The molecule has 0 radical (unpaired) electrons. The number of anilines is 1. The van der Waals surface area contributed by atoms with Crippen molar-refractivity contribution in [3.63, 3.8) is 0 Å². The van der Waals surface area contributed by atoms with E-state index in [-0.39, 0.29) is 0 Å². The fourth-order valence-electron chi connectivity index (χ4n) is 2.78. The van der Waals surface area contributed by atoms with E-state index in [1.165, 1.54) is 5.56 Å². The quantitative estimate of drug-likeness (QED) is 0.360. The van der Waals surface area contributed by atoms with Crippen LogP contribution in [0.15, 0.2) is 76.8 Å². The monoisotopic (exact) mass is 411 g/mol. The van der Waals surface area contributed by atoms with Crippen LogP contribution in [0.1, 0.15) is 11.1 Å². The van der Waals surface area contributed by atoms with Gasteiger partial charge in [0.15, 0.2) is 5.84 Å². The number of rotatable bonds is 5. The molecule has 0 atom stereocenters. The normalized spacial score (nSPS) is 11.5. The molecule has 0 fully saturated rings. The zero-order chi connectivity index (χ0) is 18.5. The minimum absolute atomic E-state index is 0.814. The van der Waals surface area contributed by atoms with Crippen LogP contribution in [0.3, 0.4) is 0 Å². The van der Waals surface area contributed by atoms with Gasteiger partial charge in [-0.05, 0) is 23.8 Å². The van der Waals surface area contributed by atoms with Gasteiger partial charge in [0.05, 0.1) is 0 Å². The summed E-state index contributed by atoms with van der Waals surface area (Å²) in [6.45, 7) is 0.814. The van der Waals surface area contributed by atoms with Crippen molar-refractivity contribution in [2.45, 2.75) is 6.54 Å². The zero-order valence-electron chi connectivity index (χ0n) is 15.2. The molecule has 3 aromatic rings. The third-order valence-corrected chi connectivity index (χ3v) is 4.41. The van der Waals surface area contributed by atoms with Crippen LogP contribution < -0.4 is 4.90 Å². The molecule has 26 heavy (non-hydrogen) atoms. The van der Waals surface area contributed by atoms with Gasteiger partial charge < -0.3 is 9.91 Å². The zero-order valence-corrected chi connectivity index (χ0v) is 16.8. The second kappa shape index (κ2) is 8.19. The fourth-order valence-corrected chi connectivity index (χ4v) is 3.14. The molecule has 2 aromatic carbocycles. The summed E-state index contributed by atoms with van der Waals surface area (Å²) in [7, 11) is 5.94. The Morgan fingerprint density at radius 2 is 1.88 bits per heavy atom. The molecule has 0 spiro atoms. The summed E-state index contributed by atoms with van der Waals surface area (Å²) in [4.78, 5) is 6.41. The van der Waals surface area contributed by atoms with Crippen molar-refractivity contribution in [1.82, 2.24) is 14.6 Å². The van der Waals surface area contributed by atoms with Crippen LogP contribution >= 0.6 is 15.9 Å². The number of halogens is 1. The van der Waals surface area contributed by atoms with E-state index in [2.05, 4.69) is 75.3 Å². The minimum atomic E-state index is 0.814. The molecule has 0 aliphatic carbocycles. The van der Waals surface area contributed by atoms with Gasteiger partial charge in [0, 0.05) is 55.8 Å². The Morgan fingerprint density at radius 1 is 1.12 bits per heavy atom. The first-order chi connectivity index (χ1) is 12.5. The van der Waals surface area contributed by atoms with Crippen LogP contribution in [0, 0.1) is 0 Å². The third kappa shape index (κ3) is 4.32. The molecular weight excluding hydrogens is 390 g/mol. The summed E-state index contributed by atoms with van der Waals surface area (Å²) in [6.07, 6.45) is 5.44. The predicted octanol–water partition coefficient (Wildman–Crippen LogP) is 4.05. The van der Waals surface area contributed by atoms with Gasteiger partial charge >= 0.3 is 0 Å². The highest BCUT2D eigenvalue weighted by Gasteiger charge is 2.16. The van der Waals surface area contributed by atoms with Crippen LogP contribution in [0.25, 0.3) is 0 Å². The molecule has 0 bridgehead atoms. The number of hydrazone groups is 1. The van der Waals surface area contributed by atoms with Crippen molar-refractivity contribution < 1.29 is 0 Å². The maximum absolute atomic E-state index is 4.71. The van der Waals surface area contributed by atoms with Crippen LogP contribution in [0.4, 0.5) is 5.69 Å². The SMILES string of the molecule is CN(C)N=C(c1cc(Br)ccc1N(C)Cc1ccccc1)n1ccnc1.